The Balaban J connectivity index is 1.53. The van der Waals surface area contributed by atoms with Crippen molar-refractivity contribution >= 4 is 39.7 Å². The zero-order chi connectivity index (χ0) is 24.1. The summed E-state index contributed by atoms with van der Waals surface area (Å²) in [5.41, 5.74) is 3.40. The topological polar surface area (TPSA) is 50.4 Å². The number of nitrogens with one attached hydrogen (secondary N) is 2. The van der Waals surface area contributed by atoms with Gasteiger partial charge in [0.1, 0.15) is 18.2 Å². The number of anilines is 2. The van der Waals surface area contributed by atoms with Crippen LogP contribution in [0.15, 0.2) is 78.9 Å². The molecule has 2 N–H and O–H groups in total. The number of fused-ring (bicyclic) bond motifs is 1. The third-order valence-corrected chi connectivity index (χ3v) is 5.89. The van der Waals surface area contributed by atoms with Crippen LogP contribution in [0.25, 0.3) is 10.8 Å². The molecule has 0 fully saturated rings. The quantitative estimate of drug-likeness (QED) is 0.278. The molecule has 0 spiro atoms. The molecule has 0 saturated carbocycles. The molecule has 0 aliphatic rings. The van der Waals surface area contributed by atoms with Crippen LogP contribution in [0, 0.1) is 11.7 Å². The van der Waals surface area contributed by atoms with Crippen molar-refractivity contribution in [2.45, 2.75) is 27.0 Å². The van der Waals surface area contributed by atoms with Gasteiger partial charge in [0, 0.05) is 35.0 Å². The molecule has 6 heteroatoms. The molecule has 0 unspecified atom stereocenters. The van der Waals surface area contributed by atoms with E-state index in [4.69, 9.17) is 16.3 Å². The largest absolute Gasteiger partial charge is 0.488 e. The highest BCUT2D eigenvalue weighted by atomic mass is 35.5. The first-order chi connectivity index (χ1) is 16.4. The standard InChI is InChI=1S/C28H26ClFN2O2/c1-18(2)28(33)32-23-12-10-22(11-13-23)31-16-25-24-6-4-3-5-19(24)8-14-27(25)34-17-20-7-9-21(30)15-26(20)29/h3-15,18,31H,16-17H2,1-2H3,(H,32,33). The number of carbonyl (C=O) groups excluding carboxylic acids is 1. The van der Waals surface area contributed by atoms with Gasteiger partial charge in [-0.2, -0.15) is 0 Å². The lowest BCUT2D eigenvalue weighted by Gasteiger charge is -2.16. The average Bonchev–Trinajstić information content (AvgIpc) is 2.83. The van der Waals surface area contributed by atoms with E-state index in [-0.39, 0.29) is 24.2 Å². The molecule has 0 saturated heterocycles. The van der Waals surface area contributed by atoms with Gasteiger partial charge in [-0.25, -0.2) is 4.39 Å². The Morgan fingerprint density at radius 2 is 1.71 bits per heavy atom. The van der Waals surface area contributed by atoms with Crippen LogP contribution in [0.5, 0.6) is 5.75 Å². The molecule has 4 nitrogen and oxygen atoms in total. The van der Waals surface area contributed by atoms with E-state index in [1.807, 2.05) is 62.4 Å². The monoisotopic (exact) mass is 476 g/mol. The van der Waals surface area contributed by atoms with Crippen LogP contribution < -0.4 is 15.4 Å². The Morgan fingerprint density at radius 1 is 0.971 bits per heavy atom. The summed E-state index contributed by atoms with van der Waals surface area (Å²) in [5, 5.41) is 8.87. The van der Waals surface area contributed by atoms with Crippen LogP contribution in [0.2, 0.25) is 5.02 Å². The first kappa shape index (κ1) is 23.6. The van der Waals surface area contributed by atoms with Crippen LogP contribution in [0.4, 0.5) is 15.8 Å². The van der Waals surface area contributed by atoms with Crippen LogP contribution in [0.3, 0.4) is 0 Å². The number of carbonyl (C=O) groups is 1. The molecule has 0 bridgehead atoms. The molecule has 0 radical (unpaired) electrons. The predicted octanol–water partition coefficient (Wildman–Crippen LogP) is 7.42. The fourth-order valence-corrected chi connectivity index (χ4v) is 3.80. The first-order valence-electron chi connectivity index (χ1n) is 11.1. The van der Waals surface area contributed by atoms with Crippen molar-refractivity contribution in [2.75, 3.05) is 10.6 Å². The van der Waals surface area contributed by atoms with Gasteiger partial charge >= 0.3 is 0 Å². The fraction of sp³-hybridized carbons (Fsp3) is 0.179. The van der Waals surface area contributed by atoms with Gasteiger partial charge < -0.3 is 15.4 Å². The number of amides is 1. The number of hydrogen-bond acceptors (Lipinski definition) is 3. The van der Waals surface area contributed by atoms with Gasteiger partial charge in [0.15, 0.2) is 0 Å². The van der Waals surface area contributed by atoms with Crippen LogP contribution in [-0.2, 0) is 17.9 Å². The van der Waals surface area contributed by atoms with Crippen molar-refractivity contribution in [3.63, 3.8) is 0 Å². The van der Waals surface area contributed by atoms with Gasteiger partial charge in [0.25, 0.3) is 0 Å². The summed E-state index contributed by atoms with van der Waals surface area (Å²) in [5.74, 6) is 0.262. The van der Waals surface area contributed by atoms with E-state index in [2.05, 4.69) is 22.8 Å². The molecule has 4 aromatic carbocycles. The minimum absolute atomic E-state index is 0.0143. The van der Waals surface area contributed by atoms with Crippen LogP contribution >= 0.6 is 11.6 Å². The molecule has 0 atom stereocenters. The van der Waals surface area contributed by atoms with Crippen molar-refractivity contribution in [1.82, 2.24) is 0 Å². The first-order valence-corrected chi connectivity index (χ1v) is 11.5. The fourth-order valence-electron chi connectivity index (χ4n) is 3.58. The van der Waals surface area contributed by atoms with E-state index >= 15 is 0 Å². The Kier molecular flexibility index (Phi) is 7.33. The number of rotatable bonds is 8. The van der Waals surface area contributed by atoms with Gasteiger partial charge in [-0.15, -0.1) is 0 Å². The molecular formula is C28H26ClFN2O2. The van der Waals surface area contributed by atoms with E-state index in [1.54, 1.807) is 6.07 Å². The molecule has 1 amide bonds. The summed E-state index contributed by atoms with van der Waals surface area (Å²) < 4.78 is 19.5. The molecule has 0 aliphatic carbocycles. The molecule has 4 rings (SSSR count). The highest BCUT2D eigenvalue weighted by Gasteiger charge is 2.11. The summed E-state index contributed by atoms with van der Waals surface area (Å²) in [6.07, 6.45) is 0. The van der Waals surface area contributed by atoms with Crippen molar-refractivity contribution in [1.29, 1.82) is 0 Å². The lowest BCUT2D eigenvalue weighted by atomic mass is 10.0. The van der Waals surface area contributed by atoms with Crippen molar-refractivity contribution in [3.05, 3.63) is 101 Å². The minimum atomic E-state index is -0.376. The Bertz CT molecular complexity index is 1310. The smallest absolute Gasteiger partial charge is 0.226 e. The van der Waals surface area contributed by atoms with E-state index < -0.39 is 0 Å². The maximum atomic E-state index is 13.4. The van der Waals surface area contributed by atoms with Gasteiger partial charge in [-0.1, -0.05) is 61.8 Å². The SMILES string of the molecule is CC(C)C(=O)Nc1ccc(NCc2c(OCc3ccc(F)cc3Cl)ccc3ccccc23)cc1. The number of benzene rings is 4. The summed E-state index contributed by atoms with van der Waals surface area (Å²) in [6, 6.07) is 24.0. The average molecular weight is 477 g/mol. The Hall–Kier alpha value is -3.57. The maximum Gasteiger partial charge on any atom is 0.226 e. The molecular weight excluding hydrogens is 451 g/mol. The lowest BCUT2D eigenvalue weighted by molar-refractivity contribution is -0.118. The number of hydrogen-bond donors (Lipinski definition) is 2. The second-order valence-electron chi connectivity index (χ2n) is 8.36. The minimum Gasteiger partial charge on any atom is -0.488 e. The maximum absolute atomic E-state index is 13.4. The summed E-state index contributed by atoms with van der Waals surface area (Å²) >= 11 is 6.17. The molecule has 34 heavy (non-hydrogen) atoms. The third kappa shape index (κ3) is 5.67. The molecule has 4 aromatic rings. The van der Waals surface area contributed by atoms with Crippen molar-refractivity contribution in [3.8, 4) is 5.75 Å². The molecule has 0 heterocycles. The van der Waals surface area contributed by atoms with Crippen molar-refractivity contribution in [2.24, 2.45) is 5.92 Å². The van der Waals surface area contributed by atoms with E-state index in [0.717, 1.165) is 33.5 Å². The number of ether oxygens (including phenoxy) is 1. The summed E-state index contributed by atoms with van der Waals surface area (Å²) in [6.45, 7) is 4.48. The molecule has 0 aromatic heterocycles. The van der Waals surface area contributed by atoms with Gasteiger partial charge in [-0.3, -0.25) is 4.79 Å². The number of halogens is 2. The predicted molar refractivity (Wildman–Crippen MR) is 137 cm³/mol. The lowest BCUT2D eigenvalue weighted by Crippen LogP contribution is -2.17. The molecule has 0 aliphatic heterocycles. The second kappa shape index (κ2) is 10.6. The van der Waals surface area contributed by atoms with Gasteiger partial charge in [0.2, 0.25) is 5.91 Å². The van der Waals surface area contributed by atoms with Gasteiger partial charge in [-0.05, 0) is 53.2 Å². The highest BCUT2D eigenvalue weighted by Crippen LogP contribution is 2.30. The van der Waals surface area contributed by atoms with E-state index in [0.29, 0.717) is 17.1 Å². The summed E-state index contributed by atoms with van der Waals surface area (Å²) in [7, 11) is 0. The van der Waals surface area contributed by atoms with Crippen LogP contribution in [-0.4, -0.2) is 5.91 Å². The summed E-state index contributed by atoms with van der Waals surface area (Å²) in [4.78, 5) is 11.9. The van der Waals surface area contributed by atoms with Crippen LogP contribution in [0.1, 0.15) is 25.0 Å². The van der Waals surface area contributed by atoms with Gasteiger partial charge in [0.05, 0.1) is 5.02 Å². The Labute approximate surface area is 203 Å². The zero-order valence-electron chi connectivity index (χ0n) is 19.1. The highest BCUT2D eigenvalue weighted by molar-refractivity contribution is 6.31. The van der Waals surface area contributed by atoms with E-state index in [9.17, 15) is 9.18 Å². The second-order valence-corrected chi connectivity index (χ2v) is 8.77. The normalized spacial score (nSPS) is 11.0. The zero-order valence-corrected chi connectivity index (χ0v) is 19.8. The third-order valence-electron chi connectivity index (χ3n) is 5.54. The van der Waals surface area contributed by atoms with Crippen molar-refractivity contribution < 1.29 is 13.9 Å². The molecule has 174 valence electrons. The Morgan fingerprint density at radius 3 is 2.44 bits per heavy atom. The van der Waals surface area contributed by atoms with E-state index in [1.165, 1.54) is 12.1 Å².